The third-order valence-electron chi connectivity index (χ3n) is 3.18. The highest BCUT2D eigenvalue weighted by Crippen LogP contribution is 2.19. The van der Waals surface area contributed by atoms with Crippen molar-refractivity contribution in [3.8, 4) is 0 Å². The van der Waals surface area contributed by atoms with Crippen molar-refractivity contribution in [1.82, 2.24) is 4.72 Å². The van der Waals surface area contributed by atoms with Crippen molar-refractivity contribution in [2.75, 3.05) is 18.4 Å². The lowest BCUT2D eigenvalue weighted by molar-refractivity contribution is 0.506. The molecule has 1 rings (SSSR count). The molecular formula is C13H23N3O2S. The fraction of sp³-hybridized carbons (Fsp3) is 0.538. The molecule has 1 atom stereocenters. The van der Waals surface area contributed by atoms with E-state index in [1.54, 1.807) is 31.2 Å². The van der Waals surface area contributed by atoms with E-state index in [2.05, 4.69) is 17.0 Å². The highest BCUT2D eigenvalue weighted by Gasteiger charge is 2.19. The summed E-state index contributed by atoms with van der Waals surface area (Å²) in [5.41, 5.74) is 6.42. The maximum atomic E-state index is 11.8. The van der Waals surface area contributed by atoms with Gasteiger partial charge in [0.1, 0.15) is 0 Å². The number of benzene rings is 1. The van der Waals surface area contributed by atoms with Crippen LogP contribution in [0.5, 0.6) is 0 Å². The van der Waals surface area contributed by atoms with Crippen molar-refractivity contribution in [2.45, 2.75) is 37.6 Å². The zero-order chi connectivity index (χ0) is 14.5. The number of sulfonamides is 1. The van der Waals surface area contributed by atoms with E-state index in [-0.39, 0.29) is 10.4 Å². The fourth-order valence-corrected chi connectivity index (χ4v) is 2.66. The van der Waals surface area contributed by atoms with E-state index in [1.165, 1.54) is 0 Å². The SMILES string of the molecule is CCNS(=O)(=O)c1ccc(NC(C)(CC)CN)cc1. The Kier molecular flexibility index (Phi) is 5.34. The Balaban J connectivity index is 2.89. The first-order valence-corrected chi connectivity index (χ1v) is 7.93. The summed E-state index contributed by atoms with van der Waals surface area (Å²) in [6.07, 6.45) is 0.890. The molecule has 0 spiro atoms. The Morgan fingerprint density at radius 2 is 1.79 bits per heavy atom. The minimum absolute atomic E-state index is 0.179. The van der Waals surface area contributed by atoms with Crippen LogP contribution < -0.4 is 15.8 Å². The van der Waals surface area contributed by atoms with E-state index < -0.39 is 10.0 Å². The lowest BCUT2D eigenvalue weighted by Gasteiger charge is -2.29. The molecule has 1 aromatic carbocycles. The smallest absolute Gasteiger partial charge is 0.240 e. The normalized spacial score (nSPS) is 14.9. The largest absolute Gasteiger partial charge is 0.379 e. The van der Waals surface area contributed by atoms with Gasteiger partial charge in [-0.1, -0.05) is 13.8 Å². The lowest BCUT2D eigenvalue weighted by Crippen LogP contribution is -2.41. The van der Waals surface area contributed by atoms with Crippen LogP contribution in [0.4, 0.5) is 5.69 Å². The van der Waals surface area contributed by atoms with Crippen molar-refractivity contribution in [2.24, 2.45) is 5.73 Å². The molecule has 108 valence electrons. The average Bonchev–Trinajstić information content (AvgIpc) is 2.39. The van der Waals surface area contributed by atoms with Gasteiger partial charge in [-0.05, 0) is 37.6 Å². The van der Waals surface area contributed by atoms with Gasteiger partial charge >= 0.3 is 0 Å². The first-order valence-electron chi connectivity index (χ1n) is 6.45. The zero-order valence-electron chi connectivity index (χ0n) is 11.7. The van der Waals surface area contributed by atoms with Gasteiger partial charge in [-0.2, -0.15) is 0 Å². The average molecular weight is 285 g/mol. The fourth-order valence-electron chi connectivity index (χ4n) is 1.62. The van der Waals surface area contributed by atoms with E-state index >= 15 is 0 Å². The van der Waals surface area contributed by atoms with Crippen molar-refractivity contribution >= 4 is 15.7 Å². The topological polar surface area (TPSA) is 84.2 Å². The molecule has 0 radical (unpaired) electrons. The van der Waals surface area contributed by atoms with E-state index in [1.807, 2.05) is 6.92 Å². The molecule has 0 saturated heterocycles. The lowest BCUT2D eigenvalue weighted by atomic mass is 9.99. The minimum Gasteiger partial charge on any atom is -0.379 e. The summed E-state index contributed by atoms with van der Waals surface area (Å²) in [5, 5.41) is 3.33. The monoisotopic (exact) mass is 285 g/mol. The second-order valence-corrected chi connectivity index (χ2v) is 6.54. The Hall–Kier alpha value is -1.11. The Morgan fingerprint density at radius 1 is 1.21 bits per heavy atom. The predicted octanol–water partition coefficient (Wildman–Crippen LogP) is 1.52. The maximum absolute atomic E-state index is 11.8. The summed E-state index contributed by atoms with van der Waals surface area (Å²) in [7, 11) is -3.38. The molecule has 0 aliphatic heterocycles. The third-order valence-corrected chi connectivity index (χ3v) is 4.74. The number of hydrogen-bond donors (Lipinski definition) is 3. The molecule has 0 bridgehead atoms. The van der Waals surface area contributed by atoms with Crippen molar-refractivity contribution in [3.63, 3.8) is 0 Å². The van der Waals surface area contributed by atoms with Gasteiger partial charge in [0.25, 0.3) is 0 Å². The second kappa shape index (κ2) is 6.36. The molecule has 1 aromatic rings. The van der Waals surface area contributed by atoms with Gasteiger partial charge in [0.05, 0.1) is 4.90 Å². The molecule has 0 amide bonds. The van der Waals surface area contributed by atoms with Crippen molar-refractivity contribution in [1.29, 1.82) is 0 Å². The van der Waals surface area contributed by atoms with Gasteiger partial charge < -0.3 is 11.1 Å². The minimum atomic E-state index is -3.38. The highest BCUT2D eigenvalue weighted by molar-refractivity contribution is 7.89. The molecule has 0 aliphatic rings. The van der Waals surface area contributed by atoms with Gasteiger partial charge in [0.2, 0.25) is 10.0 Å². The van der Waals surface area contributed by atoms with Crippen LogP contribution in [-0.4, -0.2) is 27.0 Å². The molecule has 1 unspecified atom stereocenters. The molecule has 0 saturated carbocycles. The maximum Gasteiger partial charge on any atom is 0.240 e. The molecular weight excluding hydrogens is 262 g/mol. The molecule has 0 fully saturated rings. The Bertz CT molecular complexity index is 493. The quantitative estimate of drug-likeness (QED) is 0.709. The van der Waals surface area contributed by atoms with Crippen LogP contribution in [0.2, 0.25) is 0 Å². The third kappa shape index (κ3) is 4.19. The Labute approximate surface area is 115 Å². The summed E-state index contributed by atoms with van der Waals surface area (Å²) in [4.78, 5) is 0.269. The molecule has 0 aliphatic carbocycles. The summed E-state index contributed by atoms with van der Waals surface area (Å²) in [6.45, 7) is 6.74. The van der Waals surface area contributed by atoms with E-state index in [0.717, 1.165) is 12.1 Å². The van der Waals surface area contributed by atoms with Crippen LogP contribution >= 0.6 is 0 Å². The first-order chi connectivity index (χ1) is 8.87. The summed E-state index contributed by atoms with van der Waals surface area (Å²) >= 11 is 0. The second-order valence-electron chi connectivity index (χ2n) is 4.77. The van der Waals surface area contributed by atoms with Gasteiger partial charge in [-0.15, -0.1) is 0 Å². The van der Waals surface area contributed by atoms with Crippen LogP contribution in [-0.2, 0) is 10.0 Å². The van der Waals surface area contributed by atoms with Crippen LogP contribution in [0.3, 0.4) is 0 Å². The molecule has 4 N–H and O–H groups in total. The number of nitrogens with one attached hydrogen (secondary N) is 2. The molecule has 0 heterocycles. The van der Waals surface area contributed by atoms with Crippen LogP contribution in [0, 0.1) is 0 Å². The van der Waals surface area contributed by atoms with Crippen LogP contribution in [0.25, 0.3) is 0 Å². The molecule has 0 aromatic heterocycles. The van der Waals surface area contributed by atoms with Crippen molar-refractivity contribution in [3.05, 3.63) is 24.3 Å². The number of nitrogens with two attached hydrogens (primary N) is 1. The predicted molar refractivity (Wildman–Crippen MR) is 78.7 cm³/mol. The standard InChI is InChI=1S/C13H23N3O2S/c1-4-13(3,10-14)16-11-6-8-12(9-7-11)19(17,18)15-5-2/h6-9,15-16H,4-5,10,14H2,1-3H3. The van der Waals surface area contributed by atoms with E-state index in [0.29, 0.717) is 13.1 Å². The van der Waals surface area contributed by atoms with Crippen molar-refractivity contribution < 1.29 is 8.42 Å². The van der Waals surface area contributed by atoms with E-state index in [9.17, 15) is 8.42 Å². The summed E-state index contributed by atoms with van der Waals surface area (Å²) in [6, 6.07) is 6.70. The molecule has 6 heteroatoms. The number of hydrogen-bond acceptors (Lipinski definition) is 4. The molecule has 5 nitrogen and oxygen atoms in total. The van der Waals surface area contributed by atoms with Crippen LogP contribution in [0.15, 0.2) is 29.2 Å². The van der Waals surface area contributed by atoms with Gasteiger partial charge in [0.15, 0.2) is 0 Å². The summed E-state index contributed by atoms with van der Waals surface area (Å²) in [5.74, 6) is 0. The number of rotatable bonds is 7. The van der Waals surface area contributed by atoms with E-state index in [4.69, 9.17) is 5.73 Å². The first kappa shape index (κ1) is 15.9. The van der Waals surface area contributed by atoms with Gasteiger partial charge in [-0.3, -0.25) is 0 Å². The zero-order valence-corrected chi connectivity index (χ0v) is 12.5. The highest BCUT2D eigenvalue weighted by atomic mass is 32.2. The van der Waals surface area contributed by atoms with Gasteiger partial charge in [0, 0.05) is 24.3 Å². The number of anilines is 1. The van der Waals surface area contributed by atoms with Crippen LogP contribution in [0.1, 0.15) is 27.2 Å². The Morgan fingerprint density at radius 3 is 2.21 bits per heavy atom. The molecule has 19 heavy (non-hydrogen) atoms. The summed E-state index contributed by atoms with van der Waals surface area (Å²) < 4.78 is 26.0. The van der Waals surface area contributed by atoms with Gasteiger partial charge in [-0.25, -0.2) is 13.1 Å².